The molecule has 3 nitrogen and oxygen atoms in total. The van der Waals surface area contributed by atoms with Crippen LogP contribution >= 0.6 is 11.6 Å². The second-order valence-electron chi connectivity index (χ2n) is 4.81. The van der Waals surface area contributed by atoms with E-state index in [1.165, 1.54) is 0 Å². The van der Waals surface area contributed by atoms with Gasteiger partial charge in [-0.3, -0.25) is 0 Å². The molecule has 2 N–H and O–H groups in total. The number of hydrogen-bond donors (Lipinski definition) is 1. The van der Waals surface area contributed by atoms with Crippen LogP contribution in [0.2, 0.25) is 5.02 Å². The molecule has 92 valence electrons. The first-order chi connectivity index (χ1) is 7.99. The monoisotopic (exact) mass is 251 g/mol. The van der Waals surface area contributed by atoms with Gasteiger partial charge in [0.25, 0.3) is 0 Å². The first-order valence-corrected chi connectivity index (χ1v) is 6.28. The average molecular weight is 252 g/mol. The van der Waals surface area contributed by atoms with Crippen molar-refractivity contribution in [1.29, 1.82) is 0 Å². The molecule has 0 radical (unpaired) electrons. The van der Waals surface area contributed by atoms with Gasteiger partial charge in [-0.25, -0.2) is 4.98 Å². The highest BCUT2D eigenvalue weighted by molar-refractivity contribution is 6.31. The lowest BCUT2D eigenvalue weighted by atomic mass is 10.2. The Labute approximate surface area is 107 Å². The smallest absolute Gasteiger partial charge is 0.111 e. The van der Waals surface area contributed by atoms with E-state index in [0.29, 0.717) is 6.04 Å². The predicted molar refractivity (Wildman–Crippen MR) is 72.5 cm³/mol. The first-order valence-electron chi connectivity index (χ1n) is 5.91. The van der Waals surface area contributed by atoms with Gasteiger partial charge in [-0.2, -0.15) is 0 Å². The number of imidazole rings is 1. The van der Waals surface area contributed by atoms with E-state index in [1.807, 2.05) is 25.1 Å². The van der Waals surface area contributed by atoms with E-state index < -0.39 is 0 Å². The lowest BCUT2D eigenvalue weighted by molar-refractivity contribution is 0.564. The molecule has 0 saturated heterocycles. The van der Waals surface area contributed by atoms with Crippen molar-refractivity contribution >= 4 is 22.6 Å². The van der Waals surface area contributed by atoms with E-state index in [1.54, 1.807) is 0 Å². The van der Waals surface area contributed by atoms with Gasteiger partial charge >= 0.3 is 0 Å². The van der Waals surface area contributed by atoms with Gasteiger partial charge in [0.15, 0.2) is 0 Å². The zero-order valence-electron chi connectivity index (χ0n) is 10.4. The molecule has 0 aliphatic heterocycles. The maximum atomic E-state index is 6.04. The van der Waals surface area contributed by atoms with Crippen molar-refractivity contribution in [3.8, 4) is 0 Å². The molecule has 2 rings (SSSR count). The van der Waals surface area contributed by atoms with Crippen LogP contribution in [-0.4, -0.2) is 15.6 Å². The molecule has 17 heavy (non-hydrogen) atoms. The third-order valence-corrected chi connectivity index (χ3v) is 2.98. The summed E-state index contributed by atoms with van der Waals surface area (Å²) in [6.45, 7) is 6.29. The van der Waals surface area contributed by atoms with Crippen LogP contribution in [0.5, 0.6) is 0 Å². The molecular weight excluding hydrogens is 234 g/mol. The molecule has 2 aromatic rings. The van der Waals surface area contributed by atoms with Crippen molar-refractivity contribution in [1.82, 2.24) is 9.55 Å². The van der Waals surface area contributed by atoms with Gasteiger partial charge in [-0.15, -0.1) is 0 Å². The topological polar surface area (TPSA) is 43.8 Å². The van der Waals surface area contributed by atoms with Crippen LogP contribution < -0.4 is 5.73 Å². The van der Waals surface area contributed by atoms with Gasteiger partial charge in [0.05, 0.1) is 11.0 Å². The van der Waals surface area contributed by atoms with Crippen LogP contribution in [0.4, 0.5) is 0 Å². The summed E-state index contributed by atoms with van der Waals surface area (Å²) in [6.07, 6.45) is 0.782. The normalized spacial score (nSPS) is 13.5. The van der Waals surface area contributed by atoms with Crippen molar-refractivity contribution in [2.45, 2.75) is 39.3 Å². The van der Waals surface area contributed by atoms with Crippen molar-refractivity contribution < 1.29 is 0 Å². The van der Waals surface area contributed by atoms with Crippen LogP contribution in [0.3, 0.4) is 0 Å². The van der Waals surface area contributed by atoms with E-state index in [9.17, 15) is 0 Å². The predicted octanol–water partition coefficient (Wildman–Crippen LogP) is 3.16. The molecule has 1 aromatic carbocycles. The quantitative estimate of drug-likeness (QED) is 0.911. The number of benzene rings is 1. The molecule has 0 aliphatic rings. The summed E-state index contributed by atoms with van der Waals surface area (Å²) in [6, 6.07) is 6.26. The standard InChI is InChI=1S/C13H18ClN3/c1-8(2)17-12-7-10(14)4-5-11(12)16-13(17)6-9(3)15/h4-5,7-9H,6,15H2,1-3H3. The summed E-state index contributed by atoms with van der Waals surface area (Å²) in [5.74, 6) is 1.03. The molecule has 0 fully saturated rings. The zero-order chi connectivity index (χ0) is 12.6. The lowest BCUT2D eigenvalue weighted by Gasteiger charge is -2.14. The molecule has 0 spiro atoms. The summed E-state index contributed by atoms with van der Waals surface area (Å²) >= 11 is 6.04. The number of aromatic nitrogens is 2. The Hall–Kier alpha value is -1.06. The van der Waals surface area contributed by atoms with E-state index in [2.05, 4.69) is 23.4 Å². The fourth-order valence-corrected chi connectivity index (χ4v) is 2.29. The van der Waals surface area contributed by atoms with Crippen LogP contribution in [0.25, 0.3) is 11.0 Å². The lowest BCUT2D eigenvalue weighted by Crippen LogP contribution is -2.21. The Morgan fingerprint density at radius 3 is 2.65 bits per heavy atom. The molecule has 1 heterocycles. The second-order valence-corrected chi connectivity index (χ2v) is 5.24. The number of fused-ring (bicyclic) bond motifs is 1. The number of rotatable bonds is 3. The third kappa shape index (κ3) is 2.45. The third-order valence-electron chi connectivity index (χ3n) is 2.75. The number of hydrogen-bond acceptors (Lipinski definition) is 2. The molecule has 0 aliphatic carbocycles. The van der Waals surface area contributed by atoms with Crippen LogP contribution in [-0.2, 0) is 6.42 Å². The summed E-state index contributed by atoms with van der Waals surface area (Å²) < 4.78 is 2.21. The van der Waals surface area contributed by atoms with E-state index in [4.69, 9.17) is 17.3 Å². The highest BCUT2D eigenvalue weighted by Gasteiger charge is 2.14. The Morgan fingerprint density at radius 1 is 1.35 bits per heavy atom. The molecule has 1 unspecified atom stereocenters. The maximum absolute atomic E-state index is 6.04. The van der Waals surface area contributed by atoms with Crippen molar-refractivity contribution in [2.75, 3.05) is 0 Å². The Balaban J connectivity index is 2.63. The van der Waals surface area contributed by atoms with Crippen molar-refractivity contribution in [3.05, 3.63) is 29.0 Å². The van der Waals surface area contributed by atoms with Gasteiger partial charge in [0.2, 0.25) is 0 Å². The molecule has 0 saturated carbocycles. The van der Waals surface area contributed by atoms with Crippen LogP contribution in [0, 0.1) is 0 Å². The Morgan fingerprint density at radius 2 is 2.06 bits per heavy atom. The summed E-state index contributed by atoms with van der Waals surface area (Å²) in [5.41, 5.74) is 7.94. The molecule has 0 bridgehead atoms. The Kier molecular flexibility index (Phi) is 3.40. The van der Waals surface area contributed by atoms with E-state index in [0.717, 1.165) is 28.3 Å². The van der Waals surface area contributed by atoms with Gasteiger partial charge in [-0.05, 0) is 39.0 Å². The second kappa shape index (κ2) is 4.67. The molecule has 1 aromatic heterocycles. The van der Waals surface area contributed by atoms with Crippen LogP contribution in [0.1, 0.15) is 32.6 Å². The highest BCUT2D eigenvalue weighted by Crippen LogP contribution is 2.24. The summed E-state index contributed by atoms with van der Waals surface area (Å²) in [4.78, 5) is 4.64. The number of nitrogens with zero attached hydrogens (tertiary/aromatic N) is 2. The fourth-order valence-electron chi connectivity index (χ4n) is 2.12. The van der Waals surface area contributed by atoms with Gasteiger partial charge < -0.3 is 10.3 Å². The van der Waals surface area contributed by atoms with Crippen molar-refractivity contribution in [3.63, 3.8) is 0 Å². The fraction of sp³-hybridized carbons (Fsp3) is 0.462. The highest BCUT2D eigenvalue weighted by atomic mass is 35.5. The molecule has 4 heteroatoms. The maximum Gasteiger partial charge on any atom is 0.111 e. The van der Waals surface area contributed by atoms with Crippen molar-refractivity contribution in [2.24, 2.45) is 5.73 Å². The first kappa shape index (κ1) is 12.4. The number of nitrogens with two attached hydrogens (primary N) is 1. The minimum absolute atomic E-state index is 0.111. The van der Waals surface area contributed by atoms with E-state index in [-0.39, 0.29) is 6.04 Å². The molecular formula is C13H18ClN3. The SMILES string of the molecule is CC(N)Cc1nc2ccc(Cl)cc2n1C(C)C. The Bertz CT molecular complexity index is 529. The zero-order valence-corrected chi connectivity index (χ0v) is 11.2. The molecule has 0 amide bonds. The van der Waals surface area contributed by atoms with Crippen LogP contribution in [0.15, 0.2) is 18.2 Å². The average Bonchev–Trinajstić information content (AvgIpc) is 2.53. The van der Waals surface area contributed by atoms with Gasteiger partial charge in [0.1, 0.15) is 5.82 Å². The number of halogens is 1. The molecule has 1 atom stereocenters. The van der Waals surface area contributed by atoms with Gasteiger partial charge in [-0.1, -0.05) is 11.6 Å². The summed E-state index contributed by atoms with van der Waals surface area (Å²) in [5, 5.41) is 0.742. The minimum atomic E-state index is 0.111. The van der Waals surface area contributed by atoms with E-state index >= 15 is 0 Å². The largest absolute Gasteiger partial charge is 0.328 e. The van der Waals surface area contributed by atoms with Gasteiger partial charge in [0, 0.05) is 23.5 Å². The summed E-state index contributed by atoms with van der Waals surface area (Å²) in [7, 11) is 0. The minimum Gasteiger partial charge on any atom is -0.328 e.